The third-order valence-electron chi connectivity index (χ3n) is 6.28. The molecule has 1 atom stereocenters. The van der Waals surface area contributed by atoms with Gasteiger partial charge in [0.1, 0.15) is 5.16 Å². The van der Waals surface area contributed by atoms with Gasteiger partial charge < -0.3 is 0 Å². The Kier molecular flexibility index (Phi) is 6.19. The van der Waals surface area contributed by atoms with Gasteiger partial charge in [0.25, 0.3) is 0 Å². The Morgan fingerprint density at radius 2 is 1.31 bits per heavy atom. The summed E-state index contributed by atoms with van der Waals surface area (Å²) in [5.74, 6) is -0.104. The zero-order valence-corrected chi connectivity index (χ0v) is 19.0. The second kappa shape index (κ2) is 8.32. The number of hydrogen-bond acceptors (Lipinski definition) is 3. The molecular formula is C25H30O3P. The molecule has 2 aromatic rings. The van der Waals surface area contributed by atoms with Crippen molar-refractivity contribution >= 4 is 19.1 Å². The Morgan fingerprint density at radius 3 is 1.83 bits per heavy atom. The number of Topliss-reactive ketones (excluding diaryl/α,β-unsaturated/α-hetero) is 1. The van der Waals surface area contributed by atoms with Crippen LogP contribution >= 0.6 is 7.80 Å². The van der Waals surface area contributed by atoms with Crippen LogP contribution in [0.25, 0.3) is 0 Å². The first kappa shape index (κ1) is 21.6. The maximum atomic E-state index is 13.9. The first-order chi connectivity index (χ1) is 13.7. The molecule has 153 valence electrons. The summed E-state index contributed by atoms with van der Waals surface area (Å²) in [6.45, 7) is 9.62. The van der Waals surface area contributed by atoms with Crippen molar-refractivity contribution in [3.05, 3.63) is 69.3 Å². The molecule has 1 unspecified atom stereocenters. The van der Waals surface area contributed by atoms with Crippen LogP contribution in [0.1, 0.15) is 80.6 Å². The highest BCUT2D eigenvalue weighted by atomic mass is 31.1. The highest BCUT2D eigenvalue weighted by molar-refractivity contribution is 7.67. The number of ketones is 1. The first-order valence-corrected chi connectivity index (χ1v) is 11.7. The van der Waals surface area contributed by atoms with E-state index in [-0.39, 0.29) is 11.3 Å². The Balaban J connectivity index is 2.11. The SMILES string of the molecule is Cc1cc(C)c(C(=O)C2([P](=O)C(=O)c3c(C)cccc3C)CCCCC2)c(C)c1. The van der Waals surface area contributed by atoms with Crippen molar-refractivity contribution in [3.8, 4) is 0 Å². The van der Waals surface area contributed by atoms with E-state index in [9.17, 15) is 14.2 Å². The summed E-state index contributed by atoms with van der Waals surface area (Å²) >= 11 is 0. The van der Waals surface area contributed by atoms with Crippen LogP contribution in [0.2, 0.25) is 0 Å². The Hall–Kier alpha value is -2.12. The van der Waals surface area contributed by atoms with E-state index in [2.05, 4.69) is 0 Å². The predicted molar refractivity (Wildman–Crippen MR) is 119 cm³/mol. The van der Waals surface area contributed by atoms with E-state index in [0.29, 0.717) is 24.0 Å². The van der Waals surface area contributed by atoms with Crippen molar-refractivity contribution in [2.24, 2.45) is 0 Å². The van der Waals surface area contributed by atoms with Crippen molar-refractivity contribution in [1.29, 1.82) is 0 Å². The third kappa shape index (κ3) is 3.85. The highest BCUT2D eigenvalue weighted by Gasteiger charge is 2.49. The van der Waals surface area contributed by atoms with Gasteiger partial charge in [-0.05, 0) is 69.7 Å². The van der Waals surface area contributed by atoms with Crippen molar-refractivity contribution in [2.45, 2.75) is 71.9 Å². The lowest BCUT2D eigenvalue weighted by Gasteiger charge is -2.35. The molecule has 0 aromatic heterocycles. The topological polar surface area (TPSA) is 51.2 Å². The minimum absolute atomic E-state index is 0.104. The van der Waals surface area contributed by atoms with Gasteiger partial charge in [-0.3, -0.25) is 14.2 Å². The predicted octanol–water partition coefficient (Wildman–Crippen LogP) is 6.78. The van der Waals surface area contributed by atoms with Crippen LogP contribution in [0.5, 0.6) is 0 Å². The molecule has 0 spiro atoms. The van der Waals surface area contributed by atoms with Crippen LogP contribution in [0.3, 0.4) is 0 Å². The number of hydrogen-bond donors (Lipinski definition) is 0. The molecule has 0 aliphatic heterocycles. The van der Waals surface area contributed by atoms with Crippen LogP contribution in [0.15, 0.2) is 30.3 Å². The van der Waals surface area contributed by atoms with Gasteiger partial charge in [0, 0.05) is 11.1 Å². The quantitative estimate of drug-likeness (QED) is 0.404. The van der Waals surface area contributed by atoms with E-state index in [1.165, 1.54) is 0 Å². The van der Waals surface area contributed by atoms with E-state index in [1.807, 2.05) is 65.0 Å². The van der Waals surface area contributed by atoms with Gasteiger partial charge in [0.15, 0.2) is 13.6 Å². The van der Waals surface area contributed by atoms with Crippen LogP contribution in [0, 0.1) is 34.6 Å². The molecule has 2 aromatic carbocycles. The zero-order valence-electron chi connectivity index (χ0n) is 18.1. The molecule has 0 N–H and O–H groups in total. The van der Waals surface area contributed by atoms with Gasteiger partial charge in [-0.25, -0.2) is 0 Å². The monoisotopic (exact) mass is 409 g/mol. The largest absolute Gasteiger partial charge is 0.293 e. The summed E-state index contributed by atoms with van der Waals surface area (Å²) in [5.41, 5.74) is 5.34. The van der Waals surface area contributed by atoms with Crippen molar-refractivity contribution in [1.82, 2.24) is 0 Å². The molecule has 1 aliphatic rings. The minimum atomic E-state index is -2.39. The summed E-state index contributed by atoms with van der Waals surface area (Å²) in [6, 6.07) is 9.63. The highest BCUT2D eigenvalue weighted by Crippen LogP contribution is 2.53. The zero-order chi connectivity index (χ0) is 21.3. The molecule has 1 aliphatic carbocycles. The number of benzene rings is 2. The van der Waals surface area contributed by atoms with E-state index in [0.717, 1.165) is 47.1 Å². The molecule has 0 heterocycles. The van der Waals surface area contributed by atoms with Crippen molar-refractivity contribution in [2.75, 3.05) is 0 Å². The summed E-state index contributed by atoms with van der Waals surface area (Å²) in [7, 11) is -2.39. The van der Waals surface area contributed by atoms with Crippen LogP contribution in [-0.4, -0.2) is 16.5 Å². The van der Waals surface area contributed by atoms with Crippen molar-refractivity contribution in [3.63, 3.8) is 0 Å². The number of carbonyl (C=O) groups excluding carboxylic acids is 2. The van der Waals surface area contributed by atoms with Gasteiger partial charge in [-0.1, -0.05) is 55.2 Å². The number of rotatable bonds is 5. The fourth-order valence-electron chi connectivity index (χ4n) is 4.88. The summed E-state index contributed by atoms with van der Waals surface area (Å²) in [6.07, 6.45) is 3.71. The van der Waals surface area contributed by atoms with Crippen LogP contribution in [0.4, 0.5) is 0 Å². The molecule has 0 bridgehead atoms. The molecule has 1 saturated carbocycles. The van der Waals surface area contributed by atoms with E-state index < -0.39 is 13.0 Å². The minimum Gasteiger partial charge on any atom is -0.293 e. The Bertz CT molecular complexity index is 954. The standard InChI is InChI=1S/C25H30O3P/c1-16-14-19(4)21(20(5)15-16)23(26)25(12-7-6-8-13-25)29(28)24(27)22-17(2)10-9-11-18(22)3/h9-11,14-15H,6-8,12-13H2,1-5H3. The molecule has 3 rings (SSSR count). The Labute approximate surface area is 174 Å². The van der Waals surface area contributed by atoms with Crippen LogP contribution < -0.4 is 0 Å². The molecule has 0 saturated heterocycles. The van der Waals surface area contributed by atoms with Gasteiger partial charge in [0.05, 0.1) is 0 Å². The van der Waals surface area contributed by atoms with Gasteiger partial charge >= 0.3 is 0 Å². The smallest absolute Gasteiger partial charge is 0.243 e. The molecule has 0 amide bonds. The van der Waals surface area contributed by atoms with Crippen LogP contribution in [-0.2, 0) is 4.57 Å². The van der Waals surface area contributed by atoms with E-state index >= 15 is 0 Å². The fourth-order valence-corrected chi connectivity index (χ4v) is 6.84. The average Bonchev–Trinajstić information content (AvgIpc) is 2.66. The first-order valence-electron chi connectivity index (χ1n) is 10.4. The normalized spacial score (nSPS) is 16.4. The molecule has 29 heavy (non-hydrogen) atoms. The van der Waals surface area contributed by atoms with E-state index in [4.69, 9.17) is 0 Å². The second-order valence-electron chi connectivity index (χ2n) is 8.56. The molecule has 1 fully saturated rings. The molecule has 3 nitrogen and oxygen atoms in total. The lowest BCUT2D eigenvalue weighted by atomic mass is 9.80. The second-order valence-corrected chi connectivity index (χ2v) is 10.4. The molecule has 1 radical (unpaired) electrons. The molecule has 4 heteroatoms. The maximum Gasteiger partial charge on any atom is 0.243 e. The van der Waals surface area contributed by atoms with Gasteiger partial charge in [-0.15, -0.1) is 0 Å². The Morgan fingerprint density at radius 1 is 0.793 bits per heavy atom. The third-order valence-corrected chi connectivity index (χ3v) is 8.30. The summed E-state index contributed by atoms with van der Waals surface area (Å²) in [5, 5.41) is -1.09. The van der Waals surface area contributed by atoms with Gasteiger partial charge in [-0.2, -0.15) is 0 Å². The number of carbonyl (C=O) groups is 2. The maximum absolute atomic E-state index is 13.9. The lowest BCUT2D eigenvalue weighted by Crippen LogP contribution is -2.39. The average molecular weight is 409 g/mol. The summed E-state index contributed by atoms with van der Waals surface area (Å²) < 4.78 is 13.8. The molecular weight excluding hydrogens is 379 g/mol. The van der Waals surface area contributed by atoms with Gasteiger partial charge in [0.2, 0.25) is 5.52 Å². The fraction of sp³-hybridized carbons (Fsp3) is 0.440. The summed E-state index contributed by atoms with van der Waals surface area (Å²) in [4.78, 5) is 27.3. The van der Waals surface area contributed by atoms with Crippen molar-refractivity contribution < 1.29 is 14.2 Å². The lowest BCUT2D eigenvalue weighted by molar-refractivity contribution is 0.0902. The van der Waals surface area contributed by atoms with E-state index in [1.54, 1.807) is 0 Å². The number of aryl methyl sites for hydroxylation is 5.